The van der Waals surface area contributed by atoms with Crippen LogP contribution in [0.4, 0.5) is 0 Å². The van der Waals surface area contributed by atoms with Crippen LogP contribution in [0.15, 0.2) is 29.0 Å². The third-order valence-electron chi connectivity index (χ3n) is 2.16. The van der Waals surface area contributed by atoms with Gasteiger partial charge in [0.25, 0.3) is 5.91 Å². The van der Waals surface area contributed by atoms with Crippen LogP contribution in [-0.2, 0) is 0 Å². The number of hydrogen-bond donors (Lipinski definition) is 2. The lowest BCUT2D eigenvalue weighted by atomic mass is 10.2. The predicted octanol–water partition coefficient (Wildman–Crippen LogP) is 2.93. The molecule has 0 unspecified atom stereocenters. The number of halogens is 1. The Hall–Kier alpha value is -0.880. The molecule has 2 rings (SSSR count). The zero-order valence-electron chi connectivity index (χ0n) is 8.72. The Kier molecular flexibility index (Phi) is 4.17. The van der Waals surface area contributed by atoms with E-state index in [9.17, 15) is 9.90 Å². The van der Waals surface area contributed by atoms with Crippen LogP contribution in [0.3, 0.4) is 0 Å². The van der Waals surface area contributed by atoms with Crippen LogP contribution < -0.4 is 5.32 Å². The molecular weight excluding hydrogens is 278 g/mol. The number of rotatable bonds is 4. The Labute approximate surface area is 112 Å². The highest BCUT2D eigenvalue weighted by molar-refractivity contribution is 7.16. The molecule has 0 aliphatic carbocycles. The molecule has 6 heteroatoms. The van der Waals surface area contributed by atoms with Crippen molar-refractivity contribution in [2.45, 2.75) is 6.10 Å². The maximum absolute atomic E-state index is 11.6. The van der Waals surface area contributed by atoms with Crippen molar-refractivity contribution < 1.29 is 9.90 Å². The Morgan fingerprint density at radius 1 is 1.47 bits per heavy atom. The molecule has 2 aromatic heterocycles. The van der Waals surface area contributed by atoms with Crippen molar-refractivity contribution in [1.82, 2.24) is 5.32 Å². The summed E-state index contributed by atoms with van der Waals surface area (Å²) in [7, 11) is 0. The van der Waals surface area contributed by atoms with E-state index in [1.807, 2.05) is 5.38 Å². The molecule has 3 nitrogen and oxygen atoms in total. The fraction of sp³-hybridized carbons (Fsp3) is 0.182. The van der Waals surface area contributed by atoms with Gasteiger partial charge >= 0.3 is 0 Å². The van der Waals surface area contributed by atoms with E-state index in [0.717, 1.165) is 4.88 Å². The Balaban J connectivity index is 1.88. The molecule has 90 valence electrons. The van der Waals surface area contributed by atoms with E-state index in [0.29, 0.717) is 9.90 Å². The Bertz CT molecular complexity index is 495. The van der Waals surface area contributed by atoms with Crippen LogP contribution in [0.2, 0.25) is 4.34 Å². The largest absolute Gasteiger partial charge is 0.386 e. The van der Waals surface area contributed by atoms with Crippen molar-refractivity contribution in [1.29, 1.82) is 0 Å². The van der Waals surface area contributed by atoms with Gasteiger partial charge in [-0.2, -0.15) is 11.3 Å². The maximum Gasteiger partial charge on any atom is 0.252 e. The van der Waals surface area contributed by atoms with Crippen molar-refractivity contribution in [3.63, 3.8) is 0 Å². The summed E-state index contributed by atoms with van der Waals surface area (Å²) in [5.74, 6) is -0.173. The standard InChI is InChI=1S/C11H10ClNO2S2/c12-10-2-1-9(17-10)8(14)5-13-11(15)7-3-4-16-6-7/h1-4,6,8,14H,5H2,(H,13,15)/t8-/m1/s1. The molecule has 1 atom stereocenters. The summed E-state index contributed by atoms with van der Waals surface area (Å²) in [4.78, 5) is 12.4. The van der Waals surface area contributed by atoms with Crippen molar-refractivity contribution >= 4 is 40.2 Å². The van der Waals surface area contributed by atoms with Crippen molar-refractivity contribution in [2.75, 3.05) is 6.54 Å². The van der Waals surface area contributed by atoms with Gasteiger partial charge in [0.2, 0.25) is 0 Å². The fourth-order valence-corrected chi connectivity index (χ4v) is 2.98. The van der Waals surface area contributed by atoms with Gasteiger partial charge in [-0.1, -0.05) is 11.6 Å². The first-order valence-electron chi connectivity index (χ1n) is 4.90. The number of carbonyl (C=O) groups is 1. The van der Waals surface area contributed by atoms with Gasteiger partial charge in [0, 0.05) is 22.4 Å². The molecule has 2 aromatic rings. The van der Waals surface area contributed by atoms with E-state index in [4.69, 9.17) is 11.6 Å². The van der Waals surface area contributed by atoms with Crippen LogP contribution in [0, 0.1) is 0 Å². The molecule has 0 aliphatic heterocycles. The minimum absolute atomic E-state index is 0.173. The second-order valence-corrected chi connectivity index (χ2v) is 5.91. The van der Waals surface area contributed by atoms with Gasteiger partial charge < -0.3 is 10.4 Å². The van der Waals surface area contributed by atoms with Gasteiger partial charge in [-0.05, 0) is 23.6 Å². The number of aliphatic hydroxyl groups is 1. The van der Waals surface area contributed by atoms with Crippen LogP contribution >= 0.6 is 34.3 Å². The fourth-order valence-electron chi connectivity index (χ4n) is 1.29. The molecule has 0 aromatic carbocycles. The first-order valence-corrected chi connectivity index (χ1v) is 7.04. The molecule has 0 fully saturated rings. The van der Waals surface area contributed by atoms with Crippen molar-refractivity contribution in [3.8, 4) is 0 Å². The minimum Gasteiger partial charge on any atom is -0.386 e. The van der Waals surface area contributed by atoms with E-state index >= 15 is 0 Å². The topological polar surface area (TPSA) is 49.3 Å². The van der Waals surface area contributed by atoms with E-state index in [1.165, 1.54) is 22.7 Å². The molecule has 1 amide bonds. The van der Waals surface area contributed by atoms with E-state index in [-0.39, 0.29) is 12.5 Å². The molecule has 0 saturated heterocycles. The molecule has 2 N–H and O–H groups in total. The molecule has 0 aliphatic rings. The summed E-state index contributed by atoms with van der Waals surface area (Å²) in [6.07, 6.45) is -0.713. The zero-order chi connectivity index (χ0) is 12.3. The molecule has 0 spiro atoms. The number of thiophene rings is 2. The SMILES string of the molecule is O=C(NC[C@@H](O)c1ccc(Cl)s1)c1ccsc1. The highest BCUT2D eigenvalue weighted by Crippen LogP contribution is 2.26. The summed E-state index contributed by atoms with van der Waals surface area (Å²) >= 11 is 8.54. The first kappa shape index (κ1) is 12.6. The molecule has 0 radical (unpaired) electrons. The normalized spacial score (nSPS) is 12.4. The molecule has 0 saturated carbocycles. The average molecular weight is 288 g/mol. The number of amides is 1. The van der Waals surface area contributed by atoms with E-state index < -0.39 is 6.10 Å². The summed E-state index contributed by atoms with van der Waals surface area (Å²) in [5, 5.41) is 16.1. The number of nitrogens with one attached hydrogen (secondary N) is 1. The zero-order valence-corrected chi connectivity index (χ0v) is 11.1. The summed E-state index contributed by atoms with van der Waals surface area (Å²) in [6.45, 7) is 0.186. The van der Waals surface area contributed by atoms with Gasteiger partial charge in [0.1, 0.15) is 6.10 Å². The predicted molar refractivity (Wildman–Crippen MR) is 70.9 cm³/mol. The van der Waals surface area contributed by atoms with Crippen LogP contribution in [-0.4, -0.2) is 17.6 Å². The van der Waals surface area contributed by atoms with E-state index in [2.05, 4.69) is 5.32 Å². The van der Waals surface area contributed by atoms with Gasteiger partial charge in [-0.25, -0.2) is 0 Å². The van der Waals surface area contributed by atoms with Gasteiger partial charge in [-0.15, -0.1) is 11.3 Å². The Morgan fingerprint density at radius 3 is 2.88 bits per heavy atom. The summed E-state index contributed by atoms with van der Waals surface area (Å²) in [6, 6.07) is 5.23. The van der Waals surface area contributed by atoms with Crippen LogP contribution in [0.25, 0.3) is 0 Å². The number of hydrogen-bond acceptors (Lipinski definition) is 4. The van der Waals surface area contributed by atoms with Gasteiger partial charge in [0.15, 0.2) is 0 Å². The maximum atomic E-state index is 11.6. The summed E-state index contributed by atoms with van der Waals surface area (Å²) < 4.78 is 0.628. The monoisotopic (exact) mass is 287 g/mol. The first-order chi connectivity index (χ1) is 8.16. The minimum atomic E-state index is -0.713. The molecular formula is C11H10ClNO2S2. The lowest BCUT2D eigenvalue weighted by Crippen LogP contribution is -2.27. The van der Waals surface area contributed by atoms with Gasteiger partial charge in [-0.3, -0.25) is 4.79 Å². The summed E-state index contributed by atoms with van der Waals surface area (Å²) in [5.41, 5.74) is 0.617. The number of carbonyl (C=O) groups excluding carboxylic acids is 1. The lowest BCUT2D eigenvalue weighted by Gasteiger charge is -2.09. The quantitative estimate of drug-likeness (QED) is 0.908. The average Bonchev–Trinajstić information content (AvgIpc) is 2.95. The highest BCUT2D eigenvalue weighted by Gasteiger charge is 2.12. The van der Waals surface area contributed by atoms with Gasteiger partial charge in [0.05, 0.1) is 4.34 Å². The van der Waals surface area contributed by atoms with Crippen LogP contribution in [0.5, 0.6) is 0 Å². The molecule has 17 heavy (non-hydrogen) atoms. The Morgan fingerprint density at radius 2 is 2.29 bits per heavy atom. The molecule has 0 bridgehead atoms. The number of aliphatic hydroxyl groups excluding tert-OH is 1. The van der Waals surface area contributed by atoms with Crippen LogP contribution in [0.1, 0.15) is 21.3 Å². The smallest absolute Gasteiger partial charge is 0.252 e. The second-order valence-electron chi connectivity index (χ2n) is 3.38. The van der Waals surface area contributed by atoms with E-state index in [1.54, 1.807) is 23.6 Å². The third kappa shape index (κ3) is 3.29. The highest BCUT2D eigenvalue weighted by atomic mass is 35.5. The second kappa shape index (κ2) is 5.64. The molecule has 2 heterocycles. The third-order valence-corrected chi connectivity index (χ3v) is 4.18. The van der Waals surface area contributed by atoms with Crippen molar-refractivity contribution in [3.05, 3.63) is 43.7 Å². The van der Waals surface area contributed by atoms with Crippen molar-refractivity contribution in [2.24, 2.45) is 0 Å². The lowest BCUT2D eigenvalue weighted by molar-refractivity contribution is 0.0918.